The Balaban J connectivity index is 1.98. The molecule has 2 aromatic rings. The fraction of sp³-hybridized carbons (Fsp3) is 0.231. The van der Waals surface area contributed by atoms with Crippen LogP contribution in [0.2, 0.25) is 0 Å². The number of carbonyl (C=O) groups is 1. The Morgan fingerprint density at radius 3 is 2.87 bits per heavy atom. The summed E-state index contributed by atoms with van der Waals surface area (Å²) in [6, 6.07) is 5.50. The topological polar surface area (TPSA) is 119 Å². The molecular weight excluding hydrogens is 324 g/mol. The summed E-state index contributed by atoms with van der Waals surface area (Å²) in [5.41, 5.74) is 5.17. The monoisotopic (exact) mass is 338 g/mol. The van der Waals surface area contributed by atoms with Gasteiger partial charge in [0, 0.05) is 31.2 Å². The summed E-state index contributed by atoms with van der Waals surface area (Å²) < 4.78 is 10.2. The highest BCUT2D eigenvalue weighted by atomic mass is 32.1. The number of fused-ring (bicyclic) bond motifs is 1. The first-order chi connectivity index (χ1) is 11.0. The molecule has 0 atom stereocenters. The lowest BCUT2D eigenvalue weighted by atomic mass is 10.2. The molecule has 1 heterocycles. The number of methoxy groups -OCH3 is 1. The van der Waals surface area contributed by atoms with Crippen molar-refractivity contribution in [1.82, 2.24) is 16.2 Å². The summed E-state index contributed by atoms with van der Waals surface area (Å²) in [6.07, 6.45) is 0. The number of benzene rings is 1. The largest absolute Gasteiger partial charge is 0.451 e. The molecular formula is C13H14N4O5S. The number of carbonyl (C=O) groups excluding carboxylic acids is 1. The van der Waals surface area contributed by atoms with Crippen LogP contribution in [-0.2, 0) is 4.74 Å². The van der Waals surface area contributed by atoms with Gasteiger partial charge >= 0.3 is 5.91 Å². The summed E-state index contributed by atoms with van der Waals surface area (Å²) in [5, 5.41) is 14.2. The molecule has 1 amide bonds. The molecule has 2 rings (SSSR count). The van der Waals surface area contributed by atoms with Crippen LogP contribution in [0, 0.1) is 10.1 Å². The highest BCUT2D eigenvalue weighted by Crippen LogP contribution is 2.24. The van der Waals surface area contributed by atoms with Gasteiger partial charge in [0.15, 0.2) is 10.9 Å². The van der Waals surface area contributed by atoms with E-state index in [2.05, 4.69) is 16.2 Å². The quantitative estimate of drug-likeness (QED) is 0.321. The van der Waals surface area contributed by atoms with Crippen LogP contribution in [0.15, 0.2) is 28.7 Å². The van der Waals surface area contributed by atoms with Crippen molar-refractivity contribution in [1.29, 1.82) is 0 Å². The first-order valence-corrected chi connectivity index (χ1v) is 6.93. The van der Waals surface area contributed by atoms with Crippen LogP contribution in [-0.4, -0.2) is 36.2 Å². The number of nitrogens with zero attached hydrogens (tertiary/aromatic N) is 1. The zero-order valence-corrected chi connectivity index (χ0v) is 12.9. The van der Waals surface area contributed by atoms with E-state index in [0.29, 0.717) is 24.1 Å². The standard InChI is InChI=1S/C13H14N4O5S/c1-21-5-4-14-13(23)16-15-12(18)11-7-8-6-9(17(19)20)2-3-10(8)22-11/h2-3,6-7H,4-5H2,1H3,(H,15,18)(H2,14,16,23). The number of hydrogen-bond donors (Lipinski definition) is 3. The summed E-state index contributed by atoms with van der Waals surface area (Å²) in [5.74, 6) is -0.549. The number of nitro benzene ring substituents is 1. The van der Waals surface area contributed by atoms with Crippen LogP contribution in [0.5, 0.6) is 0 Å². The minimum atomic E-state index is -0.556. The number of rotatable bonds is 5. The molecule has 0 fully saturated rings. The number of amides is 1. The molecule has 0 aliphatic rings. The number of nitro groups is 1. The molecule has 10 heteroatoms. The van der Waals surface area contributed by atoms with Gasteiger partial charge in [0.05, 0.1) is 11.5 Å². The Hall–Kier alpha value is -2.72. The van der Waals surface area contributed by atoms with E-state index in [1.807, 2.05) is 0 Å². The molecule has 3 N–H and O–H groups in total. The van der Waals surface area contributed by atoms with Crippen molar-refractivity contribution >= 4 is 39.9 Å². The van der Waals surface area contributed by atoms with Crippen molar-refractivity contribution in [3.05, 3.63) is 40.1 Å². The van der Waals surface area contributed by atoms with Gasteiger partial charge in [-0.2, -0.15) is 0 Å². The molecule has 1 aromatic carbocycles. The lowest BCUT2D eigenvalue weighted by molar-refractivity contribution is -0.384. The van der Waals surface area contributed by atoms with E-state index in [4.69, 9.17) is 21.4 Å². The predicted octanol–water partition coefficient (Wildman–Crippen LogP) is 1.10. The molecule has 0 bridgehead atoms. The van der Waals surface area contributed by atoms with E-state index in [1.165, 1.54) is 24.3 Å². The van der Waals surface area contributed by atoms with Crippen LogP contribution in [0.3, 0.4) is 0 Å². The Bertz CT molecular complexity index is 745. The van der Waals surface area contributed by atoms with Gasteiger partial charge in [0.25, 0.3) is 5.69 Å². The summed E-state index contributed by atoms with van der Waals surface area (Å²) >= 11 is 4.95. The molecule has 0 spiro atoms. The Kier molecular flexibility index (Phi) is 5.44. The molecule has 0 radical (unpaired) electrons. The third kappa shape index (κ3) is 4.37. The van der Waals surface area contributed by atoms with Crippen molar-refractivity contribution in [2.24, 2.45) is 0 Å². The number of hydrogen-bond acceptors (Lipinski definition) is 6. The molecule has 0 saturated carbocycles. The second kappa shape index (κ2) is 7.51. The fourth-order valence-corrected chi connectivity index (χ4v) is 1.90. The van der Waals surface area contributed by atoms with Crippen LogP contribution in [0.1, 0.15) is 10.6 Å². The van der Waals surface area contributed by atoms with E-state index < -0.39 is 10.8 Å². The van der Waals surface area contributed by atoms with Gasteiger partial charge in [-0.15, -0.1) is 0 Å². The number of non-ortho nitro benzene ring substituents is 1. The highest BCUT2D eigenvalue weighted by molar-refractivity contribution is 7.80. The van der Waals surface area contributed by atoms with Crippen molar-refractivity contribution in [3.8, 4) is 0 Å². The minimum Gasteiger partial charge on any atom is -0.451 e. The van der Waals surface area contributed by atoms with Crippen molar-refractivity contribution in [2.75, 3.05) is 20.3 Å². The van der Waals surface area contributed by atoms with Crippen molar-refractivity contribution in [2.45, 2.75) is 0 Å². The van der Waals surface area contributed by atoms with E-state index in [0.717, 1.165) is 0 Å². The van der Waals surface area contributed by atoms with Crippen LogP contribution >= 0.6 is 12.2 Å². The average Bonchev–Trinajstić information content (AvgIpc) is 2.95. The van der Waals surface area contributed by atoms with Gasteiger partial charge in [0.1, 0.15) is 5.58 Å². The van der Waals surface area contributed by atoms with Gasteiger partial charge in [-0.25, -0.2) is 0 Å². The zero-order valence-electron chi connectivity index (χ0n) is 12.1. The lowest BCUT2D eigenvalue weighted by Gasteiger charge is -2.10. The second-order valence-corrected chi connectivity index (χ2v) is 4.83. The van der Waals surface area contributed by atoms with Gasteiger partial charge in [-0.1, -0.05) is 0 Å². The van der Waals surface area contributed by atoms with Crippen LogP contribution in [0.4, 0.5) is 5.69 Å². The smallest absolute Gasteiger partial charge is 0.305 e. The number of hydrazine groups is 1. The Morgan fingerprint density at radius 2 is 2.17 bits per heavy atom. The SMILES string of the molecule is COCCNC(=S)NNC(=O)c1cc2cc([N+](=O)[O-])ccc2o1. The molecule has 0 aliphatic heterocycles. The summed E-state index contributed by atoms with van der Waals surface area (Å²) in [4.78, 5) is 22.2. The van der Waals surface area contributed by atoms with Crippen molar-refractivity contribution in [3.63, 3.8) is 0 Å². The normalized spacial score (nSPS) is 10.3. The number of thiocarbonyl (C=S) groups is 1. The van der Waals surface area contributed by atoms with E-state index in [9.17, 15) is 14.9 Å². The van der Waals surface area contributed by atoms with E-state index in [-0.39, 0.29) is 16.6 Å². The molecule has 23 heavy (non-hydrogen) atoms. The average molecular weight is 338 g/mol. The van der Waals surface area contributed by atoms with Gasteiger partial charge in [-0.05, 0) is 24.4 Å². The highest BCUT2D eigenvalue weighted by Gasteiger charge is 2.15. The summed E-state index contributed by atoms with van der Waals surface area (Å²) in [6.45, 7) is 0.963. The number of nitrogens with one attached hydrogen (secondary N) is 3. The summed E-state index contributed by atoms with van der Waals surface area (Å²) in [7, 11) is 1.56. The molecule has 1 aromatic heterocycles. The fourth-order valence-electron chi connectivity index (χ4n) is 1.74. The minimum absolute atomic E-state index is 0.00712. The Morgan fingerprint density at radius 1 is 1.39 bits per heavy atom. The molecule has 9 nitrogen and oxygen atoms in total. The van der Waals surface area contributed by atoms with Gasteiger partial charge in [-0.3, -0.25) is 25.8 Å². The molecule has 122 valence electrons. The predicted molar refractivity (Wildman–Crippen MR) is 85.9 cm³/mol. The molecule has 0 aliphatic carbocycles. The van der Waals surface area contributed by atoms with E-state index in [1.54, 1.807) is 7.11 Å². The maximum Gasteiger partial charge on any atom is 0.305 e. The maximum absolute atomic E-state index is 12.0. The number of ether oxygens (including phenoxy) is 1. The zero-order chi connectivity index (χ0) is 16.8. The third-order valence-electron chi connectivity index (χ3n) is 2.82. The third-order valence-corrected chi connectivity index (χ3v) is 3.06. The molecule has 0 saturated heterocycles. The molecule has 0 unspecified atom stereocenters. The van der Waals surface area contributed by atoms with Gasteiger partial charge in [0.2, 0.25) is 0 Å². The van der Waals surface area contributed by atoms with Crippen molar-refractivity contribution < 1.29 is 18.9 Å². The van der Waals surface area contributed by atoms with E-state index >= 15 is 0 Å². The number of furan rings is 1. The Labute approximate surface area is 136 Å². The second-order valence-electron chi connectivity index (χ2n) is 4.42. The van der Waals surface area contributed by atoms with Crippen LogP contribution < -0.4 is 16.2 Å². The lowest BCUT2D eigenvalue weighted by Crippen LogP contribution is -2.47. The van der Waals surface area contributed by atoms with Crippen LogP contribution in [0.25, 0.3) is 11.0 Å². The maximum atomic E-state index is 12.0. The first-order valence-electron chi connectivity index (χ1n) is 6.52. The first kappa shape index (κ1) is 16.6. The van der Waals surface area contributed by atoms with Gasteiger partial charge < -0.3 is 14.5 Å².